The molecule has 0 saturated carbocycles. The highest BCUT2D eigenvalue weighted by molar-refractivity contribution is 5.98. The van der Waals surface area contributed by atoms with Gasteiger partial charge in [-0.15, -0.1) is 0 Å². The molecule has 126 valence electrons. The van der Waals surface area contributed by atoms with Gasteiger partial charge in [-0.3, -0.25) is 9.59 Å². The molecule has 5 heteroatoms. The van der Waals surface area contributed by atoms with E-state index >= 15 is 0 Å². The molecule has 0 aliphatic heterocycles. The lowest BCUT2D eigenvalue weighted by atomic mass is 10.1. The van der Waals surface area contributed by atoms with Crippen molar-refractivity contribution in [3.05, 3.63) is 42.5 Å². The molecule has 2 amide bonds. The molecule has 1 aromatic rings. The minimum absolute atomic E-state index is 0.0265. The number of rotatable bonds is 8. The first-order chi connectivity index (χ1) is 10.7. The number of hydrogen-bond donors (Lipinski definition) is 2. The Bertz CT molecular complexity index is 544. The van der Waals surface area contributed by atoms with Crippen LogP contribution in [0.5, 0.6) is 0 Å². The van der Waals surface area contributed by atoms with E-state index < -0.39 is 5.60 Å². The molecule has 1 rings (SSSR count). The van der Waals surface area contributed by atoms with Crippen molar-refractivity contribution in [2.45, 2.75) is 39.2 Å². The molecule has 0 spiro atoms. The molecule has 5 nitrogen and oxygen atoms in total. The zero-order valence-electron chi connectivity index (χ0n) is 14.1. The second-order valence-electron chi connectivity index (χ2n) is 6.11. The summed E-state index contributed by atoms with van der Waals surface area (Å²) >= 11 is 0. The number of nitrogens with zero attached hydrogens (tertiary/aromatic N) is 1. The van der Waals surface area contributed by atoms with E-state index in [0.29, 0.717) is 31.6 Å². The van der Waals surface area contributed by atoms with E-state index in [1.807, 2.05) is 19.1 Å². The lowest BCUT2D eigenvalue weighted by Crippen LogP contribution is -2.42. The van der Waals surface area contributed by atoms with Crippen LogP contribution < -0.4 is 5.32 Å². The van der Waals surface area contributed by atoms with Crippen LogP contribution in [0, 0.1) is 0 Å². The fourth-order valence-corrected chi connectivity index (χ4v) is 2.20. The van der Waals surface area contributed by atoms with Crippen molar-refractivity contribution in [1.29, 1.82) is 0 Å². The lowest BCUT2D eigenvalue weighted by molar-refractivity contribution is -0.133. The molecular weight excluding hydrogens is 292 g/mol. The van der Waals surface area contributed by atoms with Gasteiger partial charge in [-0.2, -0.15) is 0 Å². The molecule has 1 aromatic carbocycles. The lowest BCUT2D eigenvalue weighted by Gasteiger charge is -2.28. The smallest absolute Gasteiger partial charge is 0.247 e. The first-order valence-corrected chi connectivity index (χ1v) is 7.77. The number of anilines is 1. The van der Waals surface area contributed by atoms with Crippen molar-refractivity contribution in [3.63, 3.8) is 0 Å². The van der Waals surface area contributed by atoms with Crippen molar-refractivity contribution < 1.29 is 14.7 Å². The van der Waals surface area contributed by atoms with E-state index in [9.17, 15) is 14.7 Å². The van der Waals surface area contributed by atoms with E-state index in [4.69, 9.17) is 0 Å². The van der Waals surface area contributed by atoms with E-state index in [1.54, 1.807) is 30.9 Å². The van der Waals surface area contributed by atoms with E-state index in [1.165, 1.54) is 6.08 Å². The summed E-state index contributed by atoms with van der Waals surface area (Å²) in [4.78, 5) is 25.1. The third-order valence-electron chi connectivity index (χ3n) is 3.35. The molecule has 0 aromatic heterocycles. The number of benzene rings is 1. The van der Waals surface area contributed by atoms with Gasteiger partial charge in [0, 0.05) is 25.2 Å². The van der Waals surface area contributed by atoms with Gasteiger partial charge in [0.25, 0.3) is 0 Å². The third-order valence-corrected chi connectivity index (χ3v) is 3.35. The molecule has 0 radical (unpaired) electrons. The average Bonchev–Trinajstić information content (AvgIpc) is 2.50. The molecule has 0 aliphatic carbocycles. The molecule has 0 bridgehead atoms. The Balaban J connectivity index is 2.55. The van der Waals surface area contributed by atoms with Gasteiger partial charge in [0.1, 0.15) is 0 Å². The first kappa shape index (κ1) is 18.9. The van der Waals surface area contributed by atoms with Crippen LogP contribution in [0.3, 0.4) is 0 Å². The molecule has 0 aliphatic rings. The number of amides is 2. The van der Waals surface area contributed by atoms with E-state index in [2.05, 4.69) is 11.9 Å². The number of aliphatic hydroxyl groups is 1. The maximum atomic E-state index is 12.2. The molecule has 0 fully saturated rings. The number of likely N-dealkylation sites (N-methyl/N-ethyl adjacent to an activating group) is 1. The van der Waals surface area contributed by atoms with Gasteiger partial charge < -0.3 is 15.3 Å². The Hall–Kier alpha value is -2.14. The van der Waals surface area contributed by atoms with Crippen molar-refractivity contribution in [1.82, 2.24) is 4.90 Å². The predicted octanol–water partition coefficient (Wildman–Crippen LogP) is 2.36. The summed E-state index contributed by atoms with van der Waals surface area (Å²) in [6.45, 7) is 9.60. The molecule has 0 unspecified atom stereocenters. The van der Waals surface area contributed by atoms with Crippen LogP contribution in [-0.2, 0) is 16.0 Å². The summed E-state index contributed by atoms with van der Waals surface area (Å²) in [7, 11) is 0. The first-order valence-electron chi connectivity index (χ1n) is 7.77. The number of carbonyl (C=O) groups is 2. The van der Waals surface area contributed by atoms with E-state index in [-0.39, 0.29) is 11.8 Å². The van der Waals surface area contributed by atoms with Crippen LogP contribution in [-0.4, -0.2) is 40.5 Å². The summed E-state index contributed by atoms with van der Waals surface area (Å²) < 4.78 is 0. The Morgan fingerprint density at radius 3 is 2.39 bits per heavy atom. The van der Waals surface area contributed by atoms with Crippen molar-refractivity contribution in [2.75, 3.05) is 18.4 Å². The second kappa shape index (κ2) is 8.48. The van der Waals surface area contributed by atoms with Crippen LogP contribution in [0.25, 0.3) is 0 Å². The molecule has 23 heavy (non-hydrogen) atoms. The third kappa shape index (κ3) is 7.10. The van der Waals surface area contributed by atoms with Crippen LogP contribution in [0.15, 0.2) is 36.9 Å². The summed E-state index contributed by atoms with van der Waals surface area (Å²) in [6, 6.07) is 7.38. The monoisotopic (exact) mass is 318 g/mol. The molecule has 0 saturated heterocycles. The van der Waals surface area contributed by atoms with Gasteiger partial charge in [-0.1, -0.05) is 18.7 Å². The maximum absolute atomic E-state index is 12.2. The SMILES string of the molecule is C=CC(=O)Nc1ccc(CCC(=O)N(CC)CC(C)(C)O)cc1. The Morgan fingerprint density at radius 1 is 1.30 bits per heavy atom. The minimum atomic E-state index is -0.892. The quantitative estimate of drug-likeness (QED) is 0.723. The largest absolute Gasteiger partial charge is 0.389 e. The molecule has 2 N–H and O–H groups in total. The zero-order valence-corrected chi connectivity index (χ0v) is 14.1. The number of aryl methyl sites for hydroxylation is 1. The van der Waals surface area contributed by atoms with Crippen LogP contribution in [0.1, 0.15) is 32.8 Å². The normalized spacial score (nSPS) is 11.0. The molecule has 0 heterocycles. The van der Waals surface area contributed by atoms with Crippen LogP contribution in [0.2, 0.25) is 0 Å². The number of carbonyl (C=O) groups excluding carboxylic acids is 2. The van der Waals surface area contributed by atoms with Gasteiger partial charge in [-0.05, 0) is 51.0 Å². The van der Waals surface area contributed by atoms with E-state index in [0.717, 1.165) is 5.56 Å². The Kier molecular flexibility index (Phi) is 6.97. The molecule has 0 atom stereocenters. The standard InChI is InChI=1S/C18H26N2O3/c1-5-16(21)19-15-10-7-14(8-11-15)9-12-17(22)20(6-2)13-18(3,4)23/h5,7-8,10-11,23H,1,6,9,12-13H2,2-4H3,(H,19,21). The van der Waals surface area contributed by atoms with Crippen molar-refractivity contribution in [2.24, 2.45) is 0 Å². The summed E-state index contributed by atoms with van der Waals surface area (Å²) in [6.07, 6.45) is 2.23. The second-order valence-corrected chi connectivity index (χ2v) is 6.11. The van der Waals surface area contributed by atoms with Gasteiger partial charge in [0.15, 0.2) is 0 Å². The highest BCUT2D eigenvalue weighted by Gasteiger charge is 2.20. The summed E-state index contributed by atoms with van der Waals surface area (Å²) in [5, 5.41) is 12.5. The molecular formula is C18H26N2O3. The highest BCUT2D eigenvalue weighted by atomic mass is 16.3. The van der Waals surface area contributed by atoms with Gasteiger partial charge >= 0.3 is 0 Å². The summed E-state index contributed by atoms with van der Waals surface area (Å²) in [5.41, 5.74) is 0.827. The Labute approximate surface area is 138 Å². The minimum Gasteiger partial charge on any atom is -0.389 e. The number of nitrogens with one attached hydrogen (secondary N) is 1. The maximum Gasteiger partial charge on any atom is 0.247 e. The van der Waals surface area contributed by atoms with Crippen molar-refractivity contribution >= 4 is 17.5 Å². The fraction of sp³-hybridized carbons (Fsp3) is 0.444. The van der Waals surface area contributed by atoms with Gasteiger partial charge in [0.2, 0.25) is 11.8 Å². The van der Waals surface area contributed by atoms with Gasteiger partial charge in [-0.25, -0.2) is 0 Å². The van der Waals surface area contributed by atoms with Crippen LogP contribution in [0.4, 0.5) is 5.69 Å². The predicted molar refractivity (Wildman–Crippen MR) is 92.1 cm³/mol. The zero-order chi connectivity index (χ0) is 17.5. The van der Waals surface area contributed by atoms with Gasteiger partial charge in [0.05, 0.1) is 5.60 Å². The average molecular weight is 318 g/mol. The summed E-state index contributed by atoms with van der Waals surface area (Å²) in [5.74, 6) is -0.225. The fourth-order valence-electron chi connectivity index (χ4n) is 2.20. The van der Waals surface area contributed by atoms with Crippen molar-refractivity contribution in [3.8, 4) is 0 Å². The highest BCUT2D eigenvalue weighted by Crippen LogP contribution is 2.13. The number of hydrogen-bond acceptors (Lipinski definition) is 3. The topological polar surface area (TPSA) is 69.6 Å². The van der Waals surface area contributed by atoms with Crippen LogP contribution >= 0.6 is 0 Å². The Morgan fingerprint density at radius 2 is 1.91 bits per heavy atom.